The number of aryl methyl sites for hydroxylation is 1. The summed E-state index contributed by atoms with van der Waals surface area (Å²) >= 11 is 0. The van der Waals surface area contributed by atoms with Crippen LogP contribution < -0.4 is 5.32 Å². The van der Waals surface area contributed by atoms with Gasteiger partial charge in [0.05, 0.1) is 11.5 Å². The number of nitrogens with zero attached hydrogens (tertiary/aromatic N) is 3. The molecule has 0 aliphatic carbocycles. The lowest BCUT2D eigenvalue weighted by atomic mass is 9.92. The summed E-state index contributed by atoms with van der Waals surface area (Å²) in [6.07, 6.45) is 0. The minimum absolute atomic E-state index is 0.148. The fourth-order valence-electron chi connectivity index (χ4n) is 4.24. The Morgan fingerprint density at radius 2 is 1.79 bits per heavy atom. The summed E-state index contributed by atoms with van der Waals surface area (Å²) in [6, 6.07) is 12.1. The second kappa shape index (κ2) is 8.22. The lowest BCUT2D eigenvalue weighted by molar-refractivity contribution is -0.384. The van der Waals surface area contributed by atoms with Crippen molar-refractivity contribution in [2.45, 2.75) is 26.3 Å². The van der Waals surface area contributed by atoms with Gasteiger partial charge in [0.2, 0.25) is 0 Å². The highest BCUT2D eigenvalue weighted by atomic mass is 19.1. The second-order valence-electron chi connectivity index (χ2n) is 8.27. The maximum atomic E-state index is 13.7. The van der Waals surface area contributed by atoms with Gasteiger partial charge in [0.1, 0.15) is 11.4 Å². The van der Waals surface area contributed by atoms with Crippen LogP contribution >= 0.6 is 0 Å². The molecule has 0 radical (unpaired) electrons. The topological polar surface area (TPSA) is 115 Å². The summed E-state index contributed by atoms with van der Waals surface area (Å²) in [5, 5.41) is 13.5. The van der Waals surface area contributed by atoms with Gasteiger partial charge in [-0.15, -0.1) is 0 Å². The Balaban J connectivity index is 1.59. The summed E-state index contributed by atoms with van der Waals surface area (Å²) in [5.74, 6) is -1.51. The number of halogens is 1. The molecule has 1 aromatic heterocycles. The summed E-state index contributed by atoms with van der Waals surface area (Å²) in [5.41, 5.74) is 0.851. The van der Waals surface area contributed by atoms with Crippen molar-refractivity contribution in [3.63, 3.8) is 0 Å². The van der Waals surface area contributed by atoms with E-state index in [1.165, 1.54) is 43.3 Å². The minimum Gasteiger partial charge on any atom is -0.319 e. The first-order valence-electron chi connectivity index (χ1n) is 10.4. The van der Waals surface area contributed by atoms with E-state index in [1.807, 2.05) is 0 Å². The number of amides is 3. The number of nitrogens with one attached hydrogen (secondary N) is 1. The highest BCUT2D eigenvalue weighted by molar-refractivity contribution is 6.11. The van der Waals surface area contributed by atoms with Crippen LogP contribution in [-0.2, 0) is 10.3 Å². The number of nitro benzene ring substituents is 1. The first kappa shape index (κ1) is 22.8. The van der Waals surface area contributed by atoms with Crippen molar-refractivity contribution in [2.24, 2.45) is 0 Å². The largest absolute Gasteiger partial charge is 0.325 e. The molecule has 0 spiro atoms. The maximum Gasteiger partial charge on any atom is 0.325 e. The Bertz CT molecular complexity index is 1350. The average molecular weight is 464 g/mol. The number of nitro groups is 1. The molecule has 1 fully saturated rings. The number of urea groups is 1. The third-order valence-corrected chi connectivity index (χ3v) is 6.03. The number of hydrogen-bond donors (Lipinski definition) is 1. The van der Waals surface area contributed by atoms with E-state index in [2.05, 4.69) is 5.32 Å². The summed E-state index contributed by atoms with van der Waals surface area (Å²) in [4.78, 5) is 50.0. The van der Waals surface area contributed by atoms with Crippen LogP contribution in [0.3, 0.4) is 0 Å². The standard InChI is InChI=1S/C24H21FN4O5/c1-14-11-20(15(2)28(14)19-6-4-5-17(25)12-19)21(30)13-27-22(31)24(3,26-23(27)32)16-7-9-18(10-8-16)29(33)34/h4-12H,13H2,1-3H3,(H,26,32). The van der Waals surface area contributed by atoms with Gasteiger partial charge < -0.3 is 9.88 Å². The fourth-order valence-corrected chi connectivity index (χ4v) is 4.24. The Labute approximate surface area is 193 Å². The molecule has 3 aromatic rings. The number of rotatable bonds is 6. The number of hydrogen-bond acceptors (Lipinski definition) is 5. The molecule has 0 saturated carbocycles. The Morgan fingerprint density at radius 3 is 2.41 bits per heavy atom. The van der Waals surface area contributed by atoms with E-state index in [-0.39, 0.29) is 5.69 Å². The highest BCUT2D eigenvalue weighted by Crippen LogP contribution is 2.30. The second-order valence-corrected chi connectivity index (χ2v) is 8.27. The number of non-ortho nitro benzene ring substituents is 1. The molecule has 1 atom stereocenters. The Kier molecular flexibility index (Phi) is 5.52. The number of imide groups is 1. The molecule has 1 aliphatic rings. The van der Waals surface area contributed by atoms with E-state index in [1.54, 1.807) is 36.6 Å². The monoisotopic (exact) mass is 464 g/mol. The lowest BCUT2D eigenvalue weighted by Gasteiger charge is -2.22. The molecule has 3 amide bonds. The fraction of sp³-hybridized carbons (Fsp3) is 0.208. The number of carbonyl (C=O) groups is 3. The van der Waals surface area contributed by atoms with Gasteiger partial charge >= 0.3 is 6.03 Å². The van der Waals surface area contributed by atoms with Crippen LogP contribution in [0.1, 0.15) is 34.2 Å². The smallest absolute Gasteiger partial charge is 0.319 e. The normalized spacial score (nSPS) is 17.7. The predicted octanol–water partition coefficient (Wildman–Crippen LogP) is 3.79. The molecule has 1 unspecified atom stereocenters. The molecule has 174 valence electrons. The van der Waals surface area contributed by atoms with Gasteiger partial charge in [-0.2, -0.15) is 0 Å². The zero-order valence-corrected chi connectivity index (χ0v) is 18.7. The predicted molar refractivity (Wildman–Crippen MR) is 120 cm³/mol. The lowest BCUT2D eigenvalue weighted by Crippen LogP contribution is -2.41. The maximum absolute atomic E-state index is 13.7. The Morgan fingerprint density at radius 1 is 1.12 bits per heavy atom. The van der Waals surface area contributed by atoms with Gasteiger partial charge in [0.15, 0.2) is 5.78 Å². The van der Waals surface area contributed by atoms with Gasteiger partial charge in [0.25, 0.3) is 11.6 Å². The highest BCUT2D eigenvalue weighted by Gasteiger charge is 2.49. The number of Topliss-reactive ketones (excluding diaryl/α,β-unsaturated/α-hetero) is 1. The van der Waals surface area contributed by atoms with Crippen LogP contribution in [0.15, 0.2) is 54.6 Å². The van der Waals surface area contributed by atoms with Crippen LogP contribution in [0.5, 0.6) is 0 Å². The number of ketones is 1. The minimum atomic E-state index is -1.47. The molecular weight excluding hydrogens is 443 g/mol. The van der Waals surface area contributed by atoms with E-state index in [4.69, 9.17) is 0 Å². The summed E-state index contributed by atoms with van der Waals surface area (Å²) < 4.78 is 15.4. The van der Waals surface area contributed by atoms with Crippen molar-refractivity contribution < 1.29 is 23.7 Å². The Hall–Kier alpha value is -4.34. The average Bonchev–Trinajstić information content (AvgIpc) is 3.21. The van der Waals surface area contributed by atoms with Crippen LogP contribution in [-0.4, -0.2) is 38.7 Å². The van der Waals surface area contributed by atoms with E-state index < -0.39 is 40.5 Å². The van der Waals surface area contributed by atoms with Crippen molar-refractivity contribution in [1.82, 2.24) is 14.8 Å². The molecule has 1 aliphatic heterocycles. The summed E-state index contributed by atoms with van der Waals surface area (Å²) in [7, 11) is 0. The SMILES string of the molecule is Cc1cc(C(=O)CN2C(=O)NC(C)(c3ccc([N+](=O)[O-])cc3)C2=O)c(C)n1-c1cccc(F)c1. The molecule has 34 heavy (non-hydrogen) atoms. The molecular formula is C24H21FN4O5. The van der Waals surface area contributed by atoms with Crippen molar-refractivity contribution in [1.29, 1.82) is 0 Å². The van der Waals surface area contributed by atoms with E-state index in [0.29, 0.717) is 28.2 Å². The van der Waals surface area contributed by atoms with Crippen LogP contribution in [0.4, 0.5) is 14.9 Å². The van der Waals surface area contributed by atoms with Gasteiger partial charge in [0, 0.05) is 34.8 Å². The molecule has 1 N–H and O–H groups in total. The third-order valence-electron chi connectivity index (χ3n) is 6.03. The molecule has 2 heterocycles. The van der Waals surface area contributed by atoms with Gasteiger partial charge in [-0.05, 0) is 62.7 Å². The van der Waals surface area contributed by atoms with Crippen LogP contribution in [0.25, 0.3) is 5.69 Å². The molecule has 0 bridgehead atoms. The van der Waals surface area contributed by atoms with Gasteiger partial charge in [-0.1, -0.05) is 6.07 Å². The summed E-state index contributed by atoms with van der Waals surface area (Å²) in [6.45, 7) is 4.47. The van der Waals surface area contributed by atoms with Gasteiger partial charge in [-0.25, -0.2) is 9.18 Å². The van der Waals surface area contributed by atoms with Crippen molar-refractivity contribution in [3.05, 3.63) is 93.0 Å². The van der Waals surface area contributed by atoms with E-state index in [0.717, 1.165) is 4.90 Å². The van der Waals surface area contributed by atoms with E-state index in [9.17, 15) is 28.9 Å². The van der Waals surface area contributed by atoms with Crippen molar-refractivity contribution >= 4 is 23.4 Å². The number of aromatic nitrogens is 1. The molecule has 1 saturated heterocycles. The van der Waals surface area contributed by atoms with Gasteiger partial charge in [-0.3, -0.25) is 24.6 Å². The first-order valence-corrected chi connectivity index (χ1v) is 10.4. The van der Waals surface area contributed by atoms with Crippen LogP contribution in [0, 0.1) is 29.8 Å². The van der Waals surface area contributed by atoms with Crippen molar-refractivity contribution in [3.8, 4) is 5.69 Å². The first-order chi connectivity index (χ1) is 16.0. The molecule has 9 nitrogen and oxygen atoms in total. The van der Waals surface area contributed by atoms with Crippen LogP contribution in [0.2, 0.25) is 0 Å². The zero-order chi connectivity index (χ0) is 24.8. The van der Waals surface area contributed by atoms with E-state index >= 15 is 0 Å². The zero-order valence-electron chi connectivity index (χ0n) is 18.7. The third kappa shape index (κ3) is 3.72. The molecule has 2 aromatic carbocycles. The molecule has 4 rings (SSSR count). The quantitative estimate of drug-likeness (QED) is 0.258. The number of benzene rings is 2. The number of carbonyl (C=O) groups excluding carboxylic acids is 3. The van der Waals surface area contributed by atoms with Crippen molar-refractivity contribution in [2.75, 3.05) is 6.54 Å². The molecule has 10 heteroatoms.